The van der Waals surface area contributed by atoms with Gasteiger partial charge in [0.2, 0.25) is 5.91 Å². The Morgan fingerprint density at radius 2 is 1.81 bits per heavy atom. The molecule has 1 aromatic rings. The van der Waals surface area contributed by atoms with Gasteiger partial charge in [-0.05, 0) is 43.9 Å². The minimum absolute atomic E-state index is 0.0410. The van der Waals surface area contributed by atoms with Crippen LogP contribution in [0.15, 0.2) is 18.2 Å². The number of anilines is 1. The molecule has 5 heteroatoms. The van der Waals surface area contributed by atoms with Gasteiger partial charge < -0.3 is 9.80 Å². The molecule has 0 N–H and O–H groups in total. The summed E-state index contributed by atoms with van der Waals surface area (Å²) in [6.45, 7) is 2.32. The van der Waals surface area contributed by atoms with E-state index >= 15 is 0 Å². The van der Waals surface area contributed by atoms with Crippen LogP contribution in [0.3, 0.4) is 0 Å². The molecule has 0 unspecified atom stereocenters. The second-order valence-corrected chi connectivity index (χ2v) is 6.08. The summed E-state index contributed by atoms with van der Waals surface area (Å²) in [4.78, 5) is 28.0. The molecule has 2 aliphatic heterocycles. The van der Waals surface area contributed by atoms with E-state index in [0.717, 1.165) is 32.4 Å². The number of nitrogens with zero attached hydrogens (tertiary/aromatic N) is 2. The Bertz CT molecular complexity index is 567. The third-order valence-electron chi connectivity index (χ3n) is 4.20. The van der Waals surface area contributed by atoms with Crippen molar-refractivity contribution in [2.45, 2.75) is 32.1 Å². The molecule has 0 aliphatic carbocycles. The van der Waals surface area contributed by atoms with Crippen molar-refractivity contribution in [2.75, 3.05) is 24.5 Å². The summed E-state index contributed by atoms with van der Waals surface area (Å²) in [5, 5.41) is 0.528. The van der Waals surface area contributed by atoms with Crippen LogP contribution >= 0.6 is 11.6 Å². The van der Waals surface area contributed by atoms with Crippen molar-refractivity contribution in [3.8, 4) is 0 Å². The minimum Gasteiger partial charge on any atom is -0.339 e. The first-order chi connectivity index (χ1) is 10.2. The fraction of sp³-hybridized carbons (Fsp3) is 0.500. The molecule has 0 bridgehead atoms. The van der Waals surface area contributed by atoms with E-state index in [1.807, 2.05) is 4.90 Å². The highest BCUT2D eigenvalue weighted by Gasteiger charge is 2.25. The van der Waals surface area contributed by atoms with E-state index in [1.165, 1.54) is 6.42 Å². The largest absolute Gasteiger partial charge is 0.339 e. The van der Waals surface area contributed by atoms with E-state index in [9.17, 15) is 9.59 Å². The summed E-state index contributed by atoms with van der Waals surface area (Å²) in [5.41, 5.74) is 1.29. The molecular weight excluding hydrogens is 288 g/mol. The van der Waals surface area contributed by atoms with Gasteiger partial charge in [-0.25, -0.2) is 0 Å². The molecule has 2 amide bonds. The maximum atomic E-state index is 12.5. The van der Waals surface area contributed by atoms with Crippen molar-refractivity contribution in [3.05, 3.63) is 28.8 Å². The van der Waals surface area contributed by atoms with Crippen LogP contribution in [0.2, 0.25) is 5.02 Å². The van der Waals surface area contributed by atoms with E-state index in [-0.39, 0.29) is 11.8 Å². The Kier molecular flexibility index (Phi) is 4.15. The summed E-state index contributed by atoms with van der Waals surface area (Å²) < 4.78 is 0. The molecule has 3 rings (SSSR count). The van der Waals surface area contributed by atoms with Crippen molar-refractivity contribution in [1.82, 2.24) is 4.90 Å². The molecule has 0 spiro atoms. The lowest BCUT2D eigenvalue weighted by atomic mass is 10.1. The summed E-state index contributed by atoms with van der Waals surface area (Å²) in [6, 6.07) is 5.24. The second kappa shape index (κ2) is 6.06. The minimum atomic E-state index is 0.0410. The number of rotatable bonds is 2. The van der Waals surface area contributed by atoms with Crippen LogP contribution in [-0.2, 0) is 4.79 Å². The van der Waals surface area contributed by atoms with Crippen molar-refractivity contribution in [3.63, 3.8) is 0 Å². The lowest BCUT2D eigenvalue weighted by Gasteiger charge is -2.27. The van der Waals surface area contributed by atoms with Gasteiger partial charge in [0.25, 0.3) is 5.91 Å². The quantitative estimate of drug-likeness (QED) is 0.842. The Morgan fingerprint density at radius 1 is 1.05 bits per heavy atom. The highest BCUT2D eigenvalue weighted by molar-refractivity contribution is 6.34. The molecule has 0 radical (unpaired) electrons. The van der Waals surface area contributed by atoms with Gasteiger partial charge in [-0.15, -0.1) is 0 Å². The van der Waals surface area contributed by atoms with Crippen LogP contribution in [0.25, 0.3) is 0 Å². The number of hydrogen-bond donors (Lipinski definition) is 0. The van der Waals surface area contributed by atoms with Crippen molar-refractivity contribution in [2.24, 2.45) is 0 Å². The first-order valence-electron chi connectivity index (χ1n) is 7.56. The topological polar surface area (TPSA) is 40.6 Å². The Labute approximate surface area is 129 Å². The number of carbonyl (C=O) groups is 2. The predicted molar refractivity (Wildman–Crippen MR) is 82.8 cm³/mol. The lowest BCUT2D eigenvalue weighted by molar-refractivity contribution is -0.117. The molecule has 0 aromatic heterocycles. The fourth-order valence-corrected chi connectivity index (χ4v) is 3.25. The first-order valence-corrected chi connectivity index (χ1v) is 7.94. The molecule has 112 valence electrons. The van der Waals surface area contributed by atoms with E-state index in [0.29, 0.717) is 29.2 Å². The lowest BCUT2D eigenvalue weighted by Crippen LogP contribution is -2.35. The SMILES string of the molecule is O=C(c1ccc(Cl)c(N2CCCC2=O)c1)N1CCCCC1. The third kappa shape index (κ3) is 2.91. The fourth-order valence-electron chi connectivity index (χ4n) is 3.03. The average Bonchev–Trinajstić information content (AvgIpc) is 2.94. The number of piperidine rings is 1. The van der Waals surface area contributed by atoms with Crippen LogP contribution in [0, 0.1) is 0 Å². The Hall–Kier alpha value is -1.55. The standard InChI is InChI=1S/C16H19ClN2O2/c17-13-7-6-12(16(21)18-8-2-1-3-9-18)11-14(13)19-10-4-5-15(19)20/h6-7,11H,1-5,8-10H2. The molecule has 2 fully saturated rings. The summed E-state index contributed by atoms with van der Waals surface area (Å²) >= 11 is 6.21. The molecule has 0 saturated carbocycles. The summed E-state index contributed by atoms with van der Waals surface area (Å²) in [6.07, 6.45) is 4.73. The van der Waals surface area contributed by atoms with Gasteiger partial charge >= 0.3 is 0 Å². The number of benzene rings is 1. The zero-order valence-electron chi connectivity index (χ0n) is 12.0. The van der Waals surface area contributed by atoms with Gasteiger partial charge in [0.05, 0.1) is 10.7 Å². The number of carbonyl (C=O) groups excluding carboxylic acids is 2. The van der Waals surface area contributed by atoms with E-state index in [2.05, 4.69) is 0 Å². The molecule has 2 saturated heterocycles. The van der Waals surface area contributed by atoms with Crippen LogP contribution in [0.5, 0.6) is 0 Å². The van der Waals surface area contributed by atoms with Crippen LogP contribution in [0.1, 0.15) is 42.5 Å². The first kappa shape index (κ1) is 14.4. The smallest absolute Gasteiger partial charge is 0.253 e. The molecule has 1 aromatic carbocycles. The molecule has 21 heavy (non-hydrogen) atoms. The van der Waals surface area contributed by atoms with Crippen LogP contribution < -0.4 is 4.90 Å². The van der Waals surface area contributed by atoms with Crippen molar-refractivity contribution >= 4 is 29.1 Å². The van der Waals surface area contributed by atoms with Crippen molar-refractivity contribution < 1.29 is 9.59 Å². The van der Waals surface area contributed by atoms with Gasteiger partial charge in [0, 0.05) is 31.6 Å². The maximum absolute atomic E-state index is 12.5. The van der Waals surface area contributed by atoms with Gasteiger partial charge in [-0.2, -0.15) is 0 Å². The highest BCUT2D eigenvalue weighted by Crippen LogP contribution is 2.31. The van der Waals surface area contributed by atoms with E-state index < -0.39 is 0 Å². The zero-order valence-corrected chi connectivity index (χ0v) is 12.7. The van der Waals surface area contributed by atoms with E-state index in [1.54, 1.807) is 23.1 Å². The average molecular weight is 307 g/mol. The number of hydrogen-bond acceptors (Lipinski definition) is 2. The molecular formula is C16H19ClN2O2. The van der Waals surface area contributed by atoms with Gasteiger partial charge in [0.15, 0.2) is 0 Å². The van der Waals surface area contributed by atoms with Gasteiger partial charge in [-0.3, -0.25) is 9.59 Å². The normalized spacial score (nSPS) is 19.2. The highest BCUT2D eigenvalue weighted by atomic mass is 35.5. The molecule has 2 aliphatic rings. The molecule has 4 nitrogen and oxygen atoms in total. The predicted octanol–water partition coefficient (Wildman–Crippen LogP) is 3.09. The number of amides is 2. The number of likely N-dealkylation sites (tertiary alicyclic amines) is 1. The van der Waals surface area contributed by atoms with Crippen LogP contribution in [-0.4, -0.2) is 36.3 Å². The monoisotopic (exact) mass is 306 g/mol. The zero-order chi connectivity index (χ0) is 14.8. The summed E-state index contributed by atoms with van der Waals surface area (Å²) in [7, 11) is 0. The number of halogens is 1. The van der Waals surface area contributed by atoms with Gasteiger partial charge in [0.1, 0.15) is 0 Å². The Balaban J connectivity index is 1.86. The van der Waals surface area contributed by atoms with Crippen molar-refractivity contribution in [1.29, 1.82) is 0 Å². The molecule has 2 heterocycles. The second-order valence-electron chi connectivity index (χ2n) is 5.67. The van der Waals surface area contributed by atoms with E-state index in [4.69, 9.17) is 11.6 Å². The maximum Gasteiger partial charge on any atom is 0.253 e. The Morgan fingerprint density at radius 3 is 2.48 bits per heavy atom. The third-order valence-corrected chi connectivity index (χ3v) is 4.52. The molecule has 0 atom stereocenters. The van der Waals surface area contributed by atoms with Crippen LogP contribution in [0.4, 0.5) is 5.69 Å². The summed E-state index contributed by atoms with van der Waals surface area (Å²) in [5.74, 6) is 0.124. The van der Waals surface area contributed by atoms with Gasteiger partial charge in [-0.1, -0.05) is 11.6 Å².